The van der Waals surface area contributed by atoms with Crippen molar-refractivity contribution in [3.8, 4) is 0 Å². The van der Waals surface area contributed by atoms with Gasteiger partial charge in [0.05, 0.1) is 6.10 Å². The molecule has 0 aromatic carbocycles. The van der Waals surface area contributed by atoms with E-state index in [0.717, 1.165) is 25.6 Å². The average Bonchev–Trinajstić information content (AvgIpc) is 2.29. The highest BCUT2D eigenvalue weighted by Gasteiger charge is 2.33. The third-order valence-electron chi connectivity index (χ3n) is 4.53. The summed E-state index contributed by atoms with van der Waals surface area (Å²) in [6.07, 6.45) is 7.91. The SMILES string of the molecule is COC1CCN(CC2(N)CCCC(C)C2)CC1. The van der Waals surface area contributed by atoms with Crippen LogP contribution in [0.15, 0.2) is 0 Å². The summed E-state index contributed by atoms with van der Waals surface area (Å²) >= 11 is 0. The predicted octanol–water partition coefficient (Wildman–Crippen LogP) is 2.00. The predicted molar refractivity (Wildman–Crippen MR) is 71.0 cm³/mol. The van der Waals surface area contributed by atoms with Crippen LogP contribution in [-0.2, 0) is 4.74 Å². The van der Waals surface area contributed by atoms with Gasteiger partial charge in [-0.15, -0.1) is 0 Å². The summed E-state index contributed by atoms with van der Waals surface area (Å²) in [5, 5.41) is 0. The van der Waals surface area contributed by atoms with Gasteiger partial charge in [0, 0.05) is 32.3 Å². The minimum absolute atomic E-state index is 0.0809. The normalized spacial score (nSPS) is 37.2. The van der Waals surface area contributed by atoms with Gasteiger partial charge in [0.1, 0.15) is 0 Å². The van der Waals surface area contributed by atoms with Gasteiger partial charge in [-0.25, -0.2) is 0 Å². The lowest BCUT2D eigenvalue weighted by Gasteiger charge is -2.42. The van der Waals surface area contributed by atoms with Gasteiger partial charge < -0.3 is 15.4 Å². The molecule has 0 amide bonds. The molecule has 2 unspecified atom stereocenters. The van der Waals surface area contributed by atoms with Gasteiger partial charge in [-0.1, -0.05) is 19.8 Å². The van der Waals surface area contributed by atoms with Crippen molar-refractivity contribution in [2.75, 3.05) is 26.7 Å². The molecule has 0 radical (unpaired) electrons. The first kappa shape index (κ1) is 13.3. The molecule has 100 valence electrons. The van der Waals surface area contributed by atoms with E-state index in [1.807, 2.05) is 7.11 Å². The Bertz CT molecular complexity index is 238. The summed E-state index contributed by atoms with van der Waals surface area (Å²) in [4.78, 5) is 2.55. The first-order valence-electron chi connectivity index (χ1n) is 7.15. The van der Waals surface area contributed by atoms with Crippen molar-refractivity contribution in [3.05, 3.63) is 0 Å². The minimum atomic E-state index is 0.0809. The molecule has 3 heteroatoms. The molecule has 1 saturated heterocycles. The summed E-state index contributed by atoms with van der Waals surface area (Å²) in [5.74, 6) is 0.810. The van der Waals surface area contributed by atoms with Crippen LogP contribution >= 0.6 is 0 Å². The number of nitrogens with zero attached hydrogens (tertiary/aromatic N) is 1. The fourth-order valence-electron chi connectivity index (χ4n) is 3.59. The maximum atomic E-state index is 6.57. The molecule has 1 heterocycles. The largest absolute Gasteiger partial charge is 0.381 e. The van der Waals surface area contributed by atoms with Crippen molar-refractivity contribution in [2.45, 2.75) is 57.1 Å². The zero-order valence-corrected chi connectivity index (χ0v) is 11.5. The Labute approximate surface area is 106 Å². The highest BCUT2D eigenvalue weighted by Crippen LogP contribution is 2.31. The van der Waals surface area contributed by atoms with Gasteiger partial charge >= 0.3 is 0 Å². The molecule has 0 aromatic heterocycles. The van der Waals surface area contributed by atoms with E-state index in [9.17, 15) is 0 Å². The van der Waals surface area contributed by atoms with E-state index < -0.39 is 0 Å². The van der Waals surface area contributed by atoms with Crippen molar-refractivity contribution >= 4 is 0 Å². The van der Waals surface area contributed by atoms with E-state index in [-0.39, 0.29) is 5.54 Å². The molecule has 2 atom stereocenters. The summed E-state index contributed by atoms with van der Waals surface area (Å²) < 4.78 is 5.41. The number of likely N-dealkylation sites (tertiary alicyclic amines) is 1. The molecule has 0 spiro atoms. The standard InChI is InChI=1S/C14H28N2O/c1-12-4-3-7-14(15,10-12)11-16-8-5-13(17-2)6-9-16/h12-13H,3-11,15H2,1-2H3. The number of piperidine rings is 1. The summed E-state index contributed by atoms with van der Waals surface area (Å²) in [6.45, 7) is 5.75. The number of methoxy groups -OCH3 is 1. The number of rotatable bonds is 3. The summed E-state index contributed by atoms with van der Waals surface area (Å²) in [6, 6.07) is 0. The molecule has 2 fully saturated rings. The number of ether oxygens (including phenoxy) is 1. The van der Waals surface area contributed by atoms with E-state index >= 15 is 0 Å². The molecule has 17 heavy (non-hydrogen) atoms. The molecule has 0 aromatic rings. The van der Waals surface area contributed by atoms with Gasteiger partial charge in [0.15, 0.2) is 0 Å². The van der Waals surface area contributed by atoms with E-state index in [2.05, 4.69) is 11.8 Å². The molecular weight excluding hydrogens is 212 g/mol. The molecule has 2 aliphatic rings. The highest BCUT2D eigenvalue weighted by molar-refractivity contribution is 4.93. The lowest BCUT2D eigenvalue weighted by molar-refractivity contribution is 0.0297. The van der Waals surface area contributed by atoms with Crippen LogP contribution in [0.4, 0.5) is 0 Å². The lowest BCUT2D eigenvalue weighted by atomic mass is 9.76. The topological polar surface area (TPSA) is 38.5 Å². The van der Waals surface area contributed by atoms with Crippen LogP contribution in [-0.4, -0.2) is 43.3 Å². The fourth-order valence-corrected chi connectivity index (χ4v) is 3.59. The van der Waals surface area contributed by atoms with Crippen molar-refractivity contribution in [1.82, 2.24) is 4.90 Å². The van der Waals surface area contributed by atoms with Crippen molar-refractivity contribution in [2.24, 2.45) is 11.7 Å². The quantitative estimate of drug-likeness (QED) is 0.820. The zero-order valence-electron chi connectivity index (χ0n) is 11.5. The maximum absolute atomic E-state index is 6.57. The zero-order chi connectivity index (χ0) is 12.3. The van der Waals surface area contributed by atoms with Gasteiger partial charge in [-0.2, -0.15) is 0 Å². The Morgan fingerprint density at radius 2 is 2.00 bits per heavy atom. The molecule has 1 aliphatic heterocycles. The second-order valence-electron chi connectivity index (χ2n) is 6.28. The Kier molecular flexibility index (Phi) is 4.45. The van der Waals surface area contributed by atoms with Crippen molar-refractivity contribution in [1.29, 1.82) is 0 Å². The summed E-state index contributed by atoms with van der Waals surface area (Å²) in [7, 11) is 1.83. The number of hydrogen-bond acceptors (Lipinski definition) is 3. The maximum Gasteiger partial charge on any atom is 0.0595 e. The van der Waals surface area contributed by atoms with E-state index in [4.69, 9.17) is 10.5 Å². The molecule has 2 N–H and O–H groups in total. The first-order valence-corrected chi connectivity index (χ1v) is 7.15. The third-order valence-corrected chi connectivity index (χ3v) is 4.53. The number of nitrogens with two attached hydrogens (primary N) is 1. The number of hydrogen-bond donors (Lipinski definition) is 1. The van der Waals surface area contributed by atoms with E-state index in [1.165, 1.54) is 38.5 Å². The molecule has 0 bridgehead atoms. The molecular formula is C14H28N2O. The van der Waals surface area contributed by atoms with Gasteiger partial charge in [0.2, 0.25) is 0 Å². The van der Waals surface area contributed by atoms with Crippen molar-refractivity contribution in [3.63, 3.8) is 0 Å². The van der Waals surface area contributed by atoms with Crippen LogP contribution in [0, 0.1) is 5.92 Å². The van der Waals surface area contributed by atoms with Crippen LogP contribution in [0.5, 0.6) is 0 Å². The third kappa shape index (κ3) is 3.67. The monoisotopic (exact) mass is 240 g/mol. The second kappa shape index (κ2) is 5.68. The smallest absolute Gasteiger partial charge is 0.0595 e. The van der Waals surface area contributed by atoms with Crippen LogP contribution in [0.2, 0.25) is 0 Å². The van der Waals surface area contributed by atoms with Gasteiger partial charge in [-0.3, -0.25) is 0 Å². The van der Waals surface area contributed by atoms with Crippen LogP contribution in [0.25, 0.3) is 0 Å². The Hall–Kier alpha value is -0.120. The average molecular weight is 240 g/mol. The van der Waals surface area contributed by atoms with E-state index in [0.29, 0.717) is 6.10 Å². The molecule has 2 rings (SSSR count). The van der Waals surface area contributed by atoms with Crippen LogP contribution in [0.1, 0.15) is 45.4 Å². The molecule has 1 saturated carbocycles. The minimum Gasteiger partial charge on any atom is -0.381 e. The van der Waals surface area contributed by atoms with Gasteiger partial charge in [0.25, 0.3) is 0 Å². The fraction of sp³-hybridized carbons (Fsp3) is 1.00. The Morgan fingerprint density at radius 1 is 1.29 bits per heavy atom. The second-order valence-corrected chi connectivity index (χ2v) is 6.28. The van der Waals surface area contributed by atoms with Gasteiger partial charge in [-0.05, 0) is 31.6 Å². The lowest BCUT2D eigenvalue weighted by Crippen LogP contribution is -2.54. The highest BCUT2D eigenvalue weighted by atomic mass is 16.5. The molecule has 1 aliphatic carbocycles. The van der Waals surface area contributed by atoms with E-state index in [1.54, 1.807) is 0 Å². The first-order chi connectivity index (χ1) is 8.11. The Morgan fingerprint density at radius 3 is 2.59 bits per heavy atom. The van der Waals surface area contributed by atoms with Crippen LogP contribution < -0.4 is 5.73 Å². The summed E-state index contributed by atoms with van der Waals surface area (Å²) in [5.41, 5.74) is 6.66. The van der Waals surface area contributed by atoms with Crippen molar-refractivity contribution < 1.29 is 4.74 Å². The molecule has 3 nitrogen and oxygen atoms in total. The Balaban J connectivity index is 1.80. The van der Waals surface area contributed by atoms with Crippen LogP contribution in [0.3, 0.4) is 0 Å².